The number of rotatable bonds is 4. The number of aromatic nitrogens is 2. The van der Waals surface area contributed by atoms with E-state index in [9.17, 15) is 14.4 Å². The molecule has 4 N–H and O–H groups in total. The molecule has 2 atom stereocenters. The third-order valence-electron chi connectivity index (χ3n) is 4.16. The van der Waals surface area contributed by atoms with E-state index in [1.165, 1.54) is 7.11 Å². The fourth-order valence-electron chi connectivity index (χ4n) is 3.04. The number of fused-ring (bicyclic) bond motifs is 1. The van der Waals surface area contributed by atoms with Crippen molar-refractivity contribution in [3.05, 3.63) is 45.7 Å². The maximum atomic E-state index is 12.6. The molecule has 26 heavy (non-hydrogen) atoms. The number of nitrogens with one attached hydrogen (secondary N) is 2. The maximum Gasteiger partial charge on any atom is 0.319 e. The summed E-state index contributed by atoms with van der Waals surface area (Å²) in [4.78, 5) is 43.9. The van der Waals surface area contributed by atoms with Gasteiger partial charge in [-0.05, 0) is 24.6 Å². The predicted octanol–water partition coefficient (Wildman–Crippen LogP) is 0.624. The average Bonchev–Trinajstić information content (AvgIpc) is 2.60. The Morgan fingerprint density at radius 1 is 1.27 bits per heavy atom. The van der Waals surface area contributed by atoms with Crippen LogP contribution in [0, 0.1) is 5.92 Å². The van der Waals surface area contributed by atoms with E-state index in [4.69, 9.17) is 15.2 Å². The van der Waals surface area contributed by atoms with Crippen molar-refractivity contribution in [3.8, 4) is 5.75 Å². The highest BCUT2D eigenvalue weighted by Gasteiger charge is 2.45. The summed E-state index contributed by atoms with van der Waals surface area (Å²) in [5, 5.41) is 2.48. The molecule has 9 nitrogen and oxygen atoms in total. The number of amides is 1. The van der Waals surface area contributed by atoms with Crippen LogP contribution in [0.3, 0.4) is 0 Å². The lowest BCUT2D eigenvalue weighted by molar-refractivity contribution is -0.151. The minimum absolute atomic E-state index is 0.0395. The van der Waals surface area contributed by atoms with Crippen molar-refractivity contribution in [1.82, 2.24) is 9.97 Å². The van der Waals surface area contributed by atoms with Crippen LogP contribution < -0.4 is 21.3 Å². The van der Waals surface area contributed by atoms with Gasteiger partial charge in [0.15, 0.2) is 0 Å². The molecule has 3 rings (SSSR count). The Balaban J connectivity index is 2.20. The van der Waals surface area contributed by atoms with E-state index >= 15 is 0 Å². The van der Waals surface area contributed by atoms with Gasteiger partial charge >= 0.3 is 5.97 Å². The summed E-state index contributed by atoms with van der Waals surface area (Å²) >= 11 is 0. The summed E-state index contributed by atoms with van der Waals surface area (Å²) < 4.78 is 10.2. The molecule has 1 aromatic carbocycles. The van der Waals surface area contributed by atoms with Crippen LogP contribution in [0.1, 0.15) is 24.0 Å². The van der Waals surface area contributed by atoms with Gasteiger partial charge in [0.2, 0.25) is 11.9 Å². The third-order valence-corrected chi connectivity index (χ3v) is 4.16. The number of methoxy groups -OCH3 is 1. The lowest BCUT2D eigenvalue weighted by Crippen LogP contribution is -2.43. The first-order valence-corrected chi connectivity index (χ1v) is 7.97. The van der Waals surface area contributed by atoms with Crippen molar-refractivity contribution in [3.63, 3.8) is 0 Å². The number of ether oxygens (including phenoxy) is 2. The van der Waals surface area contributed by atoms with Gasteiger partial charge in [-0.1, -0.05) is 12.1 Å². The Morgan fingerprint density at radius 3 is 2.58 bits per heavy atom. The van der Waals surface area contributed by atoms with Crippen molar-refractivity contribution < 1.29 is 19.1 Å². The minimum Gasteiger partial charge on any atom is -0.497 e. The zero-order valence-electron chi connectivity index (χ0n) is 14.2. The van der Waals surface area contributed by atoms with E-state index in [0.29, 0.717) is 11.3 Å². The Kier molecular flexibility index (Phi) is 4.61. The largest absolute Gasteiger partial charge is 0.497 e. The number of esters is 1. The lowest BCUT2D eigenvalue weighted by Gasteiger charge is -2.30. The summed E-state index contributed by atoms with van der Waals surface area (Å²) in [7, 11) is 1.52. The van der Waals surface area contributed by atoms with E-state index in [-0.39, 0.29) is 23.9 Å². The number of hydrogen-bond acceptors (Lipinski definition) is 7. The summed E-state index contributed by atoms with van der Waals surface area (Å²) in [6, 6.07) is 6.74. The second-order valence-electron chi connectivity index (χ2n) is 5.68. The zero-order chi connectivity index (χ0) is 18.8. The summed E-state index contributed by atoms with van der Waals surface area (Å²) in [5.41, 5.74) is 5.78. The molecule has 0 aliphatic carbocycles. The van der Waals surface area contributed by atoms with Gasteiger partial charge in [-0.3, -0.25) is 19.4 Å². The number of aromatic amines is 1. The number of hydrogen-bond donors (Lipinski definition) is 3. The second-order valence-corrected chi connectivity index (χ2v) is 5.68. The molecule has 9 heteroatoms. The molecule has 0 radical (unpaired) electrons. The fourth-order valence-corrected chi connectivity index (χ4v) is 3.04. The number of carbonyl (C=O) groups excluding carboxylic acids is 2. The minimum atomic E-state index is -1.22. The Hall–Kier alpha value is -3.36. The Morgan fingerprint density at radius 2 is 1.96 bits per heavy atom. The Labute approximate surface area is 148 Å². The van der Waals surface area contributed by atoms with Gasteiger partial charge in [0, 0.05) is 5.92 Å². The van der Waals surface area contributed by atoms with Gasteiger partial charge < -0.3 is 20.5 Å². The van der Waals surface area contributed by atoms with Gasteiger partial charge in [-0.2, -0.15) is 4.98 Å². The molecule has 0 saturated heterocycles. The standard InChI is InChI=1S/C17H18N4O5/c1-3-26-16(24)12-10(8-4-6-9(25-2)7-5-8)11-13(19-15(12)23)20-17(18)21-14(11)22/h4-7,10,12H,3H2,1-2H3,(H4,18,19,20,21,22,23)/t10-,12-/m0/s1. The van der Waals surface area contributed by atoms with Crippen molar-refractivity contribution in [2.24, 2.45) is 5.92 Å². The molecule has 136 valence electrons. The zero-order valence-corrected chi connectivity index (χ0v) is 14.2. The van der Waals surface area contributed by atoms with E-state index in [1.807, 2.05) is 0 Å². The third kappa shape index (κ3) is 2.99. The van der Waals surface area contributed by atoms with Crippen LogP contribution in [0.15, 0.2) is 29.1 Å². The second kappa shape index (κ2) is 6.87. The van der Waals surface area contributed by atoms with Gasteiger partial charge in [0.25, 0.3) is 5.56 Å². The van der Waals surface area contributed by atoms with Crippen LogP contribution in [0.25, 0.3) is 0 Å². The molecule has 0 fully saturated rings. The average molecular weight is 358 g/mol. The highest BCUT2D eigenvalue weighted by molar-refractivity contribution is 6.08. The van der Waals surface area contributed by atoms with Crippen LogP contribution in [-0.4, -0.2) is 35.6 Å². The van der Waals surface area contributed by atoms with Crippen LogP contribution in [0.5, 0.6) is 5.75 Å². The van der Waals surface area contributed by atoms with Gasteiger partial charge in [0.1, 0.15) is 17.5 Å². The molecule has 1 aromatic heterocycles. The summed E-state index contributed by atoms with van der Waals surface area (Å²) in [6.07, 6.45) is 0. The normalized spacial score (nSPS) is 18.6. The molecule has 1 amide bonds. The number of carbonyl (C=O) groups is 2. The molecule has 2 heterocycles. The van der Waals surface area contributed by atoms with Crippen LogP contribution in [0.2, 0.25) is 0 Å². The number of nitrogen functional groups attached to an aromatic ring is 1. The first-order chi connectivity index (χ1) is 12.5. The molecular weight excluding hydrogens is 340 g/mol. The van der Waals surface area contributed by atoms with E-state index < -0.39 is 29.3 Å². The Bertz CT molecular complexity index is 906. The highest BCUT2D eigenvalue weighted by atomic mass is 16.5. The first kappa shape index (κ1) is 17.5. The maximum absolute atomic E-state index is 12.6. The molecule has 1 aliphatic rings. The highest BCUT2D eigenvalue weighted by Crippen LogP contribution is 2.39. The van der Waals surface area contributed by atoms with E-state index in [2.05, 4.69) is 15.3 Å². The molecular formula is C17H18N4O5. The molecule has 0 saturated carbocycles. The molecule has 0 spiro atoms. The number of H-pyrrole nitrogens is 1. The monoisotopic (exact) mass is 358 g/mol. The SMILES string of the molecule is CCOC(=O)[C@@H]1C(=O)Nc2nc(N)[nH]c(=O)c2[C@@H]1c1ccc(OC)cc1. The van der Waals surface area contributed by atoms with Crippen LogP contribution >= 0.6 is 0 Å². The van der Waals surface area contributed by atoms with E-state index in [1.54, 1.807) is 31.2 Å². The molecule has 0 bridgehead atoms. The van der Waals surface area contributed by atoms with Crippen molar-refractivity contribution >= 4 is 23.6 Å². The number of anilines is 2. The van der Waals surface area contributed by atoms with Crippen LogP contribution in [-0.2, 0) is 14.3 Å². The van der Waals surface area contributed by atoms with Gasteiger partial charge in [0.05, 0.1) is 19.3 Å². The van der Waals surface area contributed by atoms with Crippen LogP contribution in [0.4, 0.5) is 11.8 Å². The number of nitrogens with two attached hydrogens (primary N) is 1. The predicted molar refractivity (Wildman–Crippen MR) is 92.9 cm³/mol. The van der Waals surface area contributed by atoms with Crippen molar-refractivity contribution in [2.45, 2.75) is 12.8 Å². The van der Waals surface area contributed by atoms with Crippen molar-refractivity contribution in [1.29, 1.82) is 0 Å². The smallest absolute Gasteiger partial charge is 0.319 e. The summed E-state index contributed by atoms with van der Waals surface area (Å²) in [6.45, 7) is 1.76. The lowest BCUT2D eigenvalue weighted by atomic mass is 9.78. The quantitative estimate of drug-likeness (QED) is 0.538. The molecule has 0 unspecified atom stereocenters. The first-order valence-electron chi connectivity index (χ1n) is 7.97. The number of benzene rings is 1. The van der Waals surface area contributed by atoms with Crippen molar-refractivity contribution in [2.75, 3.05) is 24.8 Å². The van der Waals surface area contributed by atoms with E-state index in [0.717, 1.165) is 0 Å². The number of nitrogens with zero attached hydrogens (tertiary/aromatic N) is 1. The van der Waals surface area contributed by atoms with Gasteiger partial charge in [-0.25, -0.2) is 0 Å². The summed E-state index contributed by atoms with van der Waals surface area (Å²) in [5.74, 6) is -2.88. The molecule has 2 aromatic rings. The fraction of sp³-hybridized carbons (Fsp3) is 0.294. The van der Waals surface area contributed by atoms with Gasteiger partial charge in [-0.15, -0.1) is 0 Å². The topological polar surface area (TPSA) is 136 Å². The molecule has 1 aliphatic heterocycles.